The highest BCUT2D eigenvalue weighted by Crippen LogP contribution is 2.27. The van der Waals surface area contributed by atoms with Crippen LogP contribution in [0.25, 0.3) is 22.6 Å². The van der Waals surface area contributed by atoms with Gasteiger partial charge >= 0.3 is 0 Å². The molecule has 0 saturated carbocycles. The normalized spacial score (nSPS) is 13.8. The minimum Gasteiger partial charge on any atom is -0.379 e. The summed E-state index contributed by atoms with van der Waals surface area (Å²) in [7, 11) is 0. The molecule has 4 aromatic rings. The van der Waals surface area contributed by atoms with Crippen LogP contribution in [0.4, 0.5) is 17.2 Å². The van der Waals surface area contributed by atoms with Gasteiger partial charge in [0.2, 0.25) is 5.91 Å². The fourth-order valence-corrected chi connectivity index (χ4v) is 3.87. The molecule has 1 saturated heterocycles. The first-order valence-corrected chi connectivity index (χ1v) is 9.87. The molecular formula is C21H21N7O2. The van der Waals surface area contributed by atoms with Crippen LogP contribution in [0.2, 0.25) is 0 Å². The fourth-order valence-electron chi connectivity index (χ4n) is 3.87. The molecule has 30 heavy (non-hydrogen) atoms. The molecular weight excluding hydrogens is 382 g/mol. The van der Waals surface area contributed by atoms with Crippen LogP contribution in [-0.2, 0) is 11.3 Å². The average molecular weight is 403 g/mol. The third-order valence-corrected chi connectivity index (χ3v) is 5.28. The lowest BCUT2D eigenvalue weighted by Crippen LogP contribution is -2.20. The Morgan fingerprint density at radius 2 is 1.93 bits per heavy atom. The Morgan fingerprint density at radius 1 is 1.10 bits per heavy atom. The summed E-state index contributed by atoms with van der Waals surface area (Å²) in [5, 5.41) is 10.5. The van der Waals surface area contributed by atoms with Crippen LogP contribution in [0.3, 0.4) is 0 Å². The third kappa shape index (κ3) is 3.34. The van der Waals surface area contributed by atoms with E-state index in [2.05, 4.69) is 31.6 Å². The smallest absolute Gasteiger partial charge is 0.244 e. The number of fused-ring (bicyclic) bond motifs is 1. The van der Waals surface area contributed by atoms with Crippen molar-refractivity contribution in [1.29, 1.82) is 0 Å². The van der Waals surface area contributed by atoms with Gasteiger partial charge in [-0.25, -0.2) is 9.61 Å². The molecule has 2 aromatic carbocycles. The molecule has 0 spiro atoms. The zero-order valence-corrected chi connectivity index (χ0v) is 16.3. The molecule has 5 rings (SSSR count). The second-order valence-electron chi connectivity index (χ2n) is 7.30. The molecule has 0 atom stereocenters. The fraction of sp³-hybridized carbons (Fsp3) is 0.238. The first-order valence-electron chi connectivity index (χ1n) is 9.87. The summed E-state index contributed by atoms with van der Waals surface area (Å²) in [6, 6.07) is 15.5. The molecule has 0 radical (unpaired) electrons. The number of nitrogens with one attached hydrogen (secondary N) is 1. The van der Waals surface area contributed by atoms with Crippen molar-refractivity contribution in [2.45, 2.75) is 19.4 Å². The van der Waals surface area contributed by atoms with Crippen LogP contribution in [0.5, 0.6) is 0 Å². The molecule has 0 aliphatic carbocycles. The minimum atomic E-state index is -0.173. The van der Waals surface area contributed by atoms with Gasteiger partial charge in [-0.15, -0.1) is 0 Å². The zero-order chi connectivity index (χ0) is 20.5. The summed E-state index contributed by atoms with van der Waals surface area (Å²) in [5.41, 5.74) is 9.61. The second-order valence-corrected chi connectivity index (χ2v) is 7.30. The number of nitrogens with two attached hydrogens (primary N) is 1. The van der Waals surface area contributed by atoms with E-state index in [0.29, 0.717) is 11.5 Å². The lowest BCUT2D eigenvalue weighted by molar-refractivity contribution is -0.116. The quantitative estimate of drug-likeness (QED) is 0.526. The van der Waals surface area contributed by atoms with E-state index < -0.39 is 0 Å². The maximum absolute atomic E-state index is 12.9. The number of anilines is 3. The number of benzene rings is 2. The Morgan fingerprint density at radius 3 is 2.73 bits per heavy atom. The van der Waals surface area contributed by atoms with E-state index in [4.69, 9.17) is 10.4 Å². The van der Waals surface area contributed by atoms with Gasteiger partial charge in [-0.05, 0) is 53.5 Å². The number of aromatic nitrogens is 4. The molecule has 9 nitrogen and oxygen atoms in total. The number of para-hydroxylation sites is 2. The highest BCUT2D eigenvalue weighted by atomic mass is 16.6. The van der Waals surface area contributed by atoms with Crippen LogP contribution in [0, 0.1) is 0 Å². The first kappa shape index (κ1) is 18.2. The Hall–Kier alpha value is -3.88. The molecule has 1 amide bonds. The van der Waals surface area contributed by atoms with Crippen LogP contribution in [0.1, 0.15) is 12.8 Å². The van der Waals surface area contributed by atoms with Crippen molar-refractivity contribution in [1.82, 2.24) is 19.9 Å². The van der Waals surface area contributed by atoms with Gasteiger partial charge in [0.15, 0.2) is 17.3 Å². The van der Waals surface area contributed by atoms with Crippen molar-refractivity contribution in [3.8, 4) is 11.5 Å². The summed E-state index contributed by atoms with van der Waals surface area (Å²) in [5.74, 6) is 0.397. The van der Waals surface area contributed by atoms with Gasteiger partial charge in [0.05, 0.1) is 11.0 Å². The summed E-state index contributed by atoms with van der Waals surface area (Å²) >= 11 is 0. The molecule has 0 bridgehead atoms. The van der Waals surface area contributed by atoms with E-state index in [1.807, 2.05) is 42.5 Å². The van der Waals surface area contributed by atoms with Crippen molar-refractivity contribution in [3.63, 3.8) is 0 Å². The Balaban J connectivity index is 1.42. The van der Waals surface area contributed by atoms with E-state index in [1.165, 1.54) is 12.8 Å². The number of hydrogen-bond donors (Lipinski definition) is 2. The van der Waals surface area contributed by atoms with Crippen molar-refractivity contribution in [2.24, 2.45) is 0 Å². The molecule has 152 valence electrons. The maximum Gasteiger partial charge on any atom is 0.244 e. The predicted octanol–water partition coefficient (Wildman–Crippen LogP) is 2.91. The van der Waals surface area contributed by atoms with Gasteiger partial charge in [-0.3, -0.25) is 4.79 Å². The van der Waals surface area contributed by atoms with Crippen molar-refractivity contribution >= 4 is 34.1 Å². The van der Waals surface area contributed by atoms with E-state index in [1.54, 1.807) is 4.57 Å². The third-order valence-electron chi connectivity index (χ3n) is 5.28. The number of amides is 1. The Bertz CT molecular complexity index is 1210. The first-order chi connectivity index (χ1) is 14.7. The van der Waals surface area contributed by atoms with Gasteiger partial charge in [0, 0.05) is 24.5 Å². The predicted molar refractivity (Wildman–Crippen MR) is 114 cm³/mol. The summed E-state index contributed by atoms with van der Waals surface area (Å²) < 4.78 is 6.50. The van der Waals surface area contributed by atoms with E-state index in [9.17, 15) is 4.79 Å². The number of hydrogen-bond acceptors (Lipinski definition) is 7. The Kier molecular flexibility index (Phi) is 4.55. The second kappa shape index (κ2) is 7.51. The zero-order valence-electron chi connectivity index (χ0n) is 16.3. The lowest BCUT2D eigenvalue weighted by atomic mass is 10.2. The van der Waals surface area contributed by atoms with Gasteiger partial charge in [-0.1, -0.05) is 18.2 Å². The number of imidazole rings is 1. The number of carbonyl (C=O) groups excluding carboxylic acids is 1. The van der Waals surface area contributed by atoms with E-state index >= 15 is 0 Å². The molecule has 3 N–H and O–H groups in total. The van der Waals surface area contributed by atoms with Crippen LogP contribution in [-0.4, -0.2) is 38.9 Å². The topological polar surface area (TPSA) is 115 Å². The van der Waals surface area contributed by atoms with Gasteiger partial charge < -0.3 is 20.5 Å². The van der Waals surface area contributed by atoms with Crippen LogP contribution < -0.4 is 16.0 Å². The number of nitrogen functional groups attached to an aromatic ring is 1. The summed E-state index contributed by atoms with van der Waals surface area (Å²) in [4.78, 5) is 19.8. The van der Waals surface area contributed by atoms with Crippen molar-refractivity contribution in [2.75, 3.05) is 29.0 Å². The minimum absolute atomic E-state index is 0.0517. The van der Waals surface area contributed by atoms with Gasteiger partial charge in [0.1, 0.15) is 6.54 Å². The summed E-state index contributed by atoms with van der Waals surface area (Å²) in [6.45, 7) is 2.15. The van der Waals surface area contributed by atoms with Crippen molar-refractivity contribution in [3.05, 3.63) is 48.5 Å². The van der Waals surface area contributed by atoms with Crippen LogP contribution >= 0.6 is 0 Å². The number of rotatable bonds is 5. The monoisotopic (exact) mass is 403 g/mol. The molecule has 0 unspecified atom stereocenters. The van der Waals surface area contributed by atoms with Gasteiger partial charge in [0.25, 0.3) is 0 Å². The number of nitrogens with zero attached hydrogens (tertiary/aromatic N) is 5. The standard InChI is InChI=1S/C21H21N7O2/c22-20-19(25-30-26-20)21-24-16-8-1-2-9-17(16)28(21)13-18(29)23-14-6-5-7-15(12-14)27-10-3-4-11-27/h1-2,5-9,12H,3-4,10-11,13H2,(H2,22,26)(H,23,29). The van der Waals surface area contributed by atoms with Gasteiger partial charge in [-0.2, -0.15) is 0 Å². The molecule has 1 aliphatic rings. The SMILES string of the molecule is Nc1nonc1-c1nc2ccccc2n1CC(=O)Nc1cccc(N2CCCC2)c1. The highest BCUT2D eigenvalue weighted by Gasteiger charge is 2.21. The van der Waals surface area contributed by atoms with Crippen LogP contribution in [0.15, 0.2) is 53.2 Å². The average Bonchev–Trinajstić information content (AvgIpc) is 3.49. The lowest BCUT2D eigenvalue weighted by Gasteiger charge is -2.18. The number of carbonyl (C=O) groups is 1. The Labute approximate surface area is 172 Å². The van der Waals surface area contributed by atoms with E-state index in [0.717, 1.165) is 35.5 Å². The molecule has 3 heterocycles. The highest BCUT2D eigenvalue weighted by molar-refractivity contribution is 5.93. The molecule has 1 fully saturated rings. The molecule has 9 heteroatoms. The van der Waals surface area contributed by atoms with Crippen molar-refractivity contribution < 1.29 is 9.42 Å². The molecule has 1 aliphatic heterocycles. The maximum atomic E-state index is 12.9. The largest absolute Gasteiger partial charge is 0.379 e. The molecule has 2 aromatic heterocycles. The summed E-state index contributed by atoms with van der Waals surface area (Å²) in [6.07, 6.45) is 2.40. The van der Waals surface area contributed by atoms with E-state index in [-0.39, 0.29) is 18.3 Å².